The van der Waals surface area contributed by atoms with Gasteiger partial charge in [-0.3, -0.25) is 4.18 Å². The molecule has 1 aliphatic rings. The van der Waals surface area contributed by atoms with Crippen LogP contribution in [-0.4, -0.2) is 21.1 Å². The fraction of sp³-hybridized carbons (Fsp3) is 0.400. The Kier molecular flexibility index (Phi) is 5.08. The van der Waals surface area contributed by atoms with E-state index < -0.39 is 10.1 Å². The Morgan fingerprint density at radius 2 is 1.85 bits per heavy atom. The third-order valence-corrected chi connectivity index (χ3v) is 5.90. The van der Waals surface area contributed by atoms with Gasteiger partial charge in [0.05, 0.1) is 4.90 Å². The molecular formula is C20H23ClO4S. The molecule has 0 saturated carbocycles. The SMILES string of the molecule is Cc1ccc(S(=O)(=O)OCC2Cc3cc(Cl)cc(C(C)(C)C)c3O2)cc1. The number of rotatable bonds is 4. The third kappa shape index (κ3) is 4.05. The van der Waals surface area contributed by atoms with Crippen LogP contribution in [0.4, 0.5) is 0 Å². The smallest absolute Gasteiger partial charge is 0.297 e. The van der Waals surface area contributed by atoms with E-state index in [1.807, 2.05) is 19.1 Å². The second-order valence-electron chi connectivity index (χ2n) is 7.69. The maximum absolute atomic E-state index is 12.4. The minimum atomic E-state index is -3.80. The standard InChI is InChI=1S/C20H23ClO4S/c1-13-5-7-17(8-6-13)26(22,23)24-12-16-10-14-9-15(21)11-18(19(14)25-16)20(2,3)4/h5-9,11,16H,10,12H2,1-4H3. The average molecular weight is 395 g/mol. The minimum absolute atomic E-state index is 0.0356. The monoisotopic (exact) mass is 394 g/mol. The van der Waals surface area contributed by atoms with Crippen molar-refractivity contribution in [2.45, 2.75) is 50.5 Å². The van der Waals surface area contributed by atoms with Gasteiger partial charge in [0.25, 0.3) is 10.1 Å². The lowest BCUT2D eigenvalue weighted by Gasteiger charge is -2.23. The molecule has 0 aromatic heterocycles. The third-order valence-electron chi connectivity index (χ3n) is 4.39. The number of fused-ring (bicyclic) bond motifs is 1. The molecule has 0 saturated heterocycles. The summed E-state index contributed by atoms with van der Waals surface area (Å²) in [6, 6.07) is 10.4. The van der Waals surface area contributed by atoms with Crippen molar-refractivity contribution < 1.29 is 17.3 Å². The zero-order valence-electron chi connectivity index (χ0n) is 15.4. The lowest BCUT2D eigenvalue weighted by Crippen LogP contribution is -2.23. The molecule has 2 aromatic carbocycles. The Morgan fingerprint density at radius 1 is 1.19 bits per heavy atom. The molecule has 2 aromatic rings. The normalized spacial score (nSPS) is 17.0. The van der Waals surface area contributed by atoms with Gasteiger partial charge in [0.2, 0.25) is 0 Å². The van der Waals surface area contributed by atoms with Crippen molar-refractivity contribution in [3.8, 4) is 5.75 Å². The summed E-state index contributed by atoms with van der Waals surface area (Å²) in [7, 11) is -3.80. The van der Waals surface area contributed by atoms with Crippen molar-refractivity contribution in [2.24, 2.45) is 0 Å². The molecule has 6 heteroatoms. The van der Waals surface area contributed by atoms with Crippen LogP contribution < -0.4 is 4.74 Å². The molecule has 1 aliphatic heterocycles. The van der Waals surface area contributed by atoms with E-state index in [0.29, 0.717) is 11.4 Å². The van der Waals surface area contributed by atoms with Crippen molar-refractivity contribution in [3.63, 3.8) is 0 Å². The number of benzene rings is 2. The Bertz CT molecular complexity index is 912. The highest BCUT2D eigenvalue weighted by atomic mass is 35.5. The lowest BCUT2D eigenvalue weighted by atomic mass is 9.85. The van der Waals surface area contributed by atoms with Gasteiger partial charge in [-0.2, -0.15) is 8.42 Å². The number of ether oxygens (including phenoxy) is 1. The molecule has 0 amide bonds. The summed E-state index contributed by atoms with van der Waals surface area (Å²) in [6.45, 7) is 8.14. The first-order chi connectivity index (χ1) is 12.1. The van der Waals surface area contributed by atoms with Gasteiger partial charge in [-0.05, 0) is 42.2 Å². The predicted molar refractivity (Wildman–Crippen MR) is 103 cm³/mol. The summed E-state index contributed by atoms with van der Waals surface area (Å²) in [5.41, 5.74) is 2.87. The first-order valence-corrected chi connectivity index (χ1v) is 10.3. The number of aryl methyl sites for hydroxylation is 1. The molecular weight excluding hydrogens is 372 g/mol. The molecule has 3 rings (SSSR count). The van der Waals surface area contributed by atoms with E-state index in [0.717, 1.165) is 22.4 Å². The topological polar surface area (TPSA) is 52.6 Å². The van der Waals surface area contributed by atoms with E-state index in [1.54, 1.807) is 24.3 Å². The molecule has 0 spiro atoms. The molecule has 0 fully saturated rings. The van der Waals surface area contributed by atoms with E-state index in [1.165, 1.54) is 0 Å². The van der Waals surface area contributed by atoms with Crippen LogP contribution in [0.25, 0.3) is 0 Å². The Balaban J connectivity index is 1.74. The molecule has 4 nitrogen and oxygen atoms in total. The molecule has 26 heavy (non-hydrogen) atoms. The van der Waals surface area contributed by atoms with Gasteiger partial charge < -0.3 is 4.74 Å². The van der Waals surface area contributed by atoms with Gasteiger partial charge in [-0.15, -0.1) is 0 Å². The predicted octanol–water partition coefficient (Wildman–Crippen LogP) is 4.65. The average Bonchev–Trinajstić information content (AvgIpc) is 2.94. The quantitative estimate of drug-likeness (QED) is 0.708. The highest BCUT2D eigenvalue weighted by molar-refractivity contribution is 7.86. The van der Waals surface area contributed by atoms with Crippen LogP contribution in [0.2, 0.25) is 5.02 Å². The molecule has 0 radical (unpaired) electrons. The van der Waals surface area contributed by atoms with Crippen molar-refractivity contribution >= 4 is 21.7 Å². The van der Waals surface area contributed by atoms with Crippen LogP contribution in [0.15, 0.2) is 41.3 Å². The lowest BCUT2D eigenvalue weighted by molar-refractivity contribution is 0.150. The minimum Gasteiger partial charge on any atom is -0.487 e. The molecule has 1 heterocycles. The molecule has 1 unspecified atom stereocenters. The number of hydrogen-bond donors (Lipinski definition) is 0. The highest BCUT2D eigenvalue weighted by Crippen LogP contribution is 2.41. The Morgan fingerprint density at radius 3 is 2.46 bits per heavy atom. The summed E-state index contributed by atoms with van der Waals surface area (Å²) < 4.78 is 36.0. The van der Waals surface area contributed by atoms with Crippen LogP contribution >= 0.6 is 11.6 Å². The van der Waals surface area contributed by atoms with E-state index in [2.05, 4.69) is 20.8 Å². The number of halogens is 1. The summed E-state index contributed by atoms with van der Waals surface area (Å²) >= 11 is 6.24. The zero-order chi connectivity index (χ0) is 19.1. The maximum atomic E-state index is 12.4. The number of hydrogen-bond acceptors (Lipinski definition) is 4. The van der Waals surface area contributed by atoms with Crippen LogP contribution in [0.1, 0.15) is 37.5 Å². The van der Waals surface area contributed by atoms with E-state index in [9.17, 15) is 8.42 Å². The molecule has 0 aliphatic carbocycles. The summed E-state index contributed by atoms with van der Waals surface area (Å²) in [4.78, 5) is 0.150. The fourth-order valence-corrected chi connectivity index (χ4v) is 4.16. The Hall–Kier alpha value is -1.56. The van der Waals surface area contributed by atoms with Crippen molar-refractivity contribution in [3.05, 3.63) is 58.1 Å². The van der Waals surface area contributed by atoms with Crippen molar-refractivity contribution in [2.75, 3.05) is 6.61 Å². The first kappa shape index (κ1) is 19.2. The van der Waals surface area contributed by atoms with E-state index in [-0.39, 0.29) is 23.0 Å². The molecule has 0 bridgehead atoms. The summed E-state index contributed by atoms with van der Waals surface area (Å²) in [5, 5.41) is 0.658. The van der Waals surface area contributed by atoms with Gasteiger partial charge in [-0.1, -0.05) is 50.1 Å². The van der Waals surface area contributed by atoms with Crippen LogP contribution in [0, 0.1) is 6.92 Å². The molecule has 140 valence electrons. The molecule has 0 N–H and O–H groups in total. The summed E-state index contributed by atoms with van der Waals surface area (Å²) in [5.74, 6) is 0.795. The first-order valence-electron chi connectivity index (χ1n) is 8.52. The van der Waals surface area contributed by atoms with Crippen LogP contribution in [0.5, 0.6) is 5.75 Å². The maximum Gasteiger partial charge on any atom is 0.297 e. The highest BCUT2D eigenvalue weighted by Gasteiger charge is 2.31. The summed E-state index contributed by atoms with van der Waals surface area (Å²) in [6.07, 6.45) is 0.215. The van der Waals surface area contributed by atoms with E-state index >= 15 is 0 Å². The zero-order valence-corrected chi connectivity index (χ0v) is 16.9. The fourth-order valence-electron chi connectivity index (χ4n) is 2.98. The Labute approximate surface area is 160 Å². The van der Waals surface area contributed by atoms with Crippen LogP contribution in [0.3, 0.4) is 0 Å². The van der Waals surface area contributed by atoms with E-state index in [4.69, 9.17) is 20.5 Å². The largest absolute Gasteiger partial charge is 0.487 e. The van der Waals surface area contributed by atoms with Gasteiger partial charge in [0.15, 0.2) is 0 Å². The van der Waals surface area contributed by atoms with Gasteiger partial charge in [0.1, 0.15) is 18.5 Å². The van der Waals surface area contributed by atoms with Crippen molar-refractivity contribution in [1.29, 1.82) is 0 Å². The second-order valence-corrected chi connectivity index (χ2v) is 9.74. The molecule has 1 atom stereocenters. The van der Waals surface area contributed by atoms with Crippen molar-refractivity contribution in [1.82, 2.24) is 0 Å². The van der Waals surface area contributed by atoms with Gasteiger partial charge in [-0.25, -0.2) is 0 Å². The van der Waals surface area contributed by atoms with Crippen LogP contribution in [-0.2, 0) is 26.1 Å². The van der Waals surface area contributed by atoms with Gasteiger partial charge in [0, 0.05) is 17.0 Å². The van der Waals surface area contributed by atoms with Gasteiger partial charge >= 0.3 is 0 Å². The second kappa shape index (κ2) is 6.87.